The van der Waals surface area contributed by atoms with Crippen LogP contribution < -0.4 is 0 Å². The summed E-state index contributed by atoms with van der Waals surface area (Å²) >= 11 is 0. The fourth-order valence-electron chi connectivity index (χ4n) is 2.25. The highest BCUT2D eigenvalue weighted by molar-refractivity contribution is 5.14. The molecule has 2 rings (SSSR count). The third-order valence-corrected chi connectivity index (χ3v) is 3.91. The first-order chi connectivity index (χ1) is 7.11. The van der Waals surface area contributed by atoms with Crippen LogP contribution in [0.3, 0.4) is 0 Å². The summed E-state index contributed by atoms with van der Waals surface area (Å²) in [5, 5.41) is 0. The van der Waals surface area contributed by atoms with Crippen molar-refractivity contribution >= 4 is 0 Å². The van der Waals surface area contributed by atoms with Gasteiger partial charge in [-0.3, -0.25) is 0 Å². The summed E-state index contributed by atoms with van der Waals surface area (Å²) in [5.74, 6) is 0. The normalized spacial score (nSPS) is 21.6. The van der Waals surface area contributed by atoms with Crippen LogP contribution in [-0.4, -0.2) is 0 Å². The van der Waals surface area contributed by atoms with E-state index in [0.29, 0.717) is 0 Å². The molecule has 2 aliphatic rings. The molecular formula is C15H26. The Hall–Kier alpha value is -0.520. The standard InChI is InChI=1S/C8H14.C7H12/c1-7-5-3-4-6-8(7)2;1-6-4-3-5-7(6)2/h3-6H2,1-2H3;3-5H2,1-2H3. The minimum Gasteiger partial charge on any atom is -0.0744 e. The average molecular weight is 206 g/mol. The van der Waals surface area contributed by atoms with Crippen molar-refractivity contribution in [2.75, 3.05) is 0 Å². The van der Waals surface area contributed by atoms with E-state index in [9.17, 15) is 0 Å². The molecule has 0 N–H and O–H groups in total. The van der Waals surface area contributed by atoms with Gasteiger partial charge in [0, 0.05) is 0 Å². The van der Waals surface area contributed by atoms with Crippen molar-refractivity contribution < 1.29 is 0 Å². The Morgan fingerprint density at radius 1 is 0.467 bits per heavy atom. The van der Waals surface area contributed by atoms with Gasteiger partial charge in [0.05, 0.1) is 0 Å². The molecule has 0 aromatic carbocycles. The van der Waals surface area contributed by atoms with E-state index in [4.69, 9.17) is 0 Å². The Morgan fingerprint density at radius 3 is 0.933 bits per heavy atom. The van der Waals surface area contributed by atoms with Crippen LogP contribution >= 0.6 is 0 Å². The second-order valence-corrected chi connectivity index (χ2v) is 5.18. The molecule has 0 atom stereocenters. The zero-order chi connectivity index (χ0) is 11.3. The van der Waals surface area contributed by atoms with Crippen LogP contribution in [0, 0.1) is 0 Å². The van der Waals surface area contributed by atoms with Gasteiger partial charge in [-0.2, -0.15) is 0 Å². The summed E-state index contributed by atoms with van der Waals surface area (Å²) in [6, 6.07) is 0. The predicted molar refractivity (Wildman–Crippen MR) is 69.1 cm³/mol. The van der Waals surface area contributed by atoms with Crippen LogP contribution in [0.5, 0.6) is 0 Å². The zero-order valence-electron chi connectivity index (χ0n) is 10.9. The van der Waals surface area contributed by atoms with Gasteiger partial charge in [0.2, 0.25) is 0 Å². The van der Waals surface area contributed by atoms with Crippen molar-refractivity contribution in [2.24, 2.45) is 0 Å². The van der Waals surface area contributed by atoms with E-state index >= 15 is 0 Å². The first-order valence-electron chi connectivity index (χ1n) is 6.41. The van der Waals surface area contributed by atoms with Gasteiger partial charge in [-0.15, -0.1) is 0 Å². The molecule has 0 aromatic rings. The van der Waals surface area contributed by atoms with Gasteiger partial charge < -0.3 is 0 Å². The molecule has 0 amide bonds. The predicted octanol–water partition coefficient (Wildman–Crippen LogP) is 5.40. The molecule has 0 aliphatic heterocycles. The lowest BCUT2D eigenvalue weighted by Crippen LogP contribution is -1.92. The molecule has 0 saturated carbocycles. The molecule has 0 nitrogen and oxygen atoms in total. The van der Waals surface area contributed by atoms with E-state index in [-0.39, 0.29) is 0 Å². The molecule has 2 aliphatic carbocycles. The van der Waals surface area contributed by atoms with Crippen LogP contribution in [0.2, 0.25) is 0 Å². The van der Waals surface area contributed by atoms with Crippen molar-refractivity contribution in [3.63, 3.8) is 0 Å². The first kappa shape index (κ1) is 12.5. The van der Waals surface area contributed by atoms with E-state index in [2.05, 4.69) is 27.7 Å². The summed E-state index contributed by atoms with van der Waals surface area (Å²) in [6.45, 7) is 8.99. The topological polar surface area (TPSA) is 0 Å². The maximum absolute atomic E-state index is 2.26. The highest BCUT2D eigenvalue weighted by Gasteiger charge is 2.04. The Bertz CT molecular complexity index is 240. The molecule has 0 bridgehead atoms. The number of rotatable bonds is 0. The van der Waals surface area contributed by atoms with E-state index in [1.807, 2.05) is 0 Å². The maximum Gasteiger partial charge on any atom is -0.0317 e. The van der Waals surface area contributed by atoms with Crippen LogP contribution in [-0.2, 0) is 0 Å². The molecule has 15 heavy (non-hydrogen) atoms. The lowest BCUT2D eigenvalue weighted by atomic mass is 9.94. The van der Waals surface area contributed by atoms with E-state index in [1.54, 1.807) is 22.3 Å². The molecule has 86 valence electrons. The van der Waals surface area contributed by atoms with Gasteiger partial charge >= 0.3 is 0 Å². The van der Waals surface area contributed by atoms with Gasteiger partial charge in [-0.1, -0.05) is 22.3 Å². The van der Waals surface area contributed by atoms with Crippen molar-refractivity contribution in [3.8, 4) is 0 Å². The second kappa shape index (κ2) is 6.15. The fourth-order valence-corrected chi connectivity index (χ4v) is 2.25. The Balaban J connectivity index is 0.000000151. The fraction of sp³-hybridized carbons (Fsp3) is 0.733. The lowest BCUT2D eigenvalue weighted by Gasteiger charge is -2.12. The van der Waals surface area contributed by atoms with Crippen LogP contribution in [0.1, 0.15) is 72.6 Å². The van der Waals surface area contributed by atoms with Gasteiger partial charge in [0.1, 0.15) is 0 Å². The molecular weight excluding hydrogens is 180 g/mol. The van der Waals surface area contributed by atoms with Crippen LogP contribution in [0.4, 0.5) is 0 Å². The minimum absolute atomic E-state index is 1.35. The summed E-state index contributed by atoms with van der Waals surface area (Å²) in [6.07, 6.45) is 9.65. The Kier molecular flexibility index (Phi) is 5.14. The van der Waals surface area contributed by atoms with Gasteiger partial charge in [-0.05, 0) is 72.6 Å². The smallest absolute Gasteiger partial charge is 0.0317 e. The zero-order valence-corrected chi connectivity index (χ0v) is 10.9. The number of hydrogen-bond acceptors (Lipinski definition) is 0. The molecule has 0 radical (unpaired) electrons. The van der Waals surface area contributed by atoms with E-state index in [0.717, 1.165) is 0 Å². The Labute approximate surface area is 95.5 Å². The molecule has 0 heterocycles. The van der Waals surface area contributed by atoms with Gasteiger partial charge in [0.25, 0.3) is 0 Å². The van der Waals surface area contributed by atoms with Crippen LogP contribution in [0.15, 0.2) is 22.3 Å². The molecule has 0 unspecified atom stereocenters. The summed E-state index contributed by atoms with van der Waals surface area (Å²) in [5.41, 5.74) is 6.52. The first-order valence-corrected chi connectivity index (χ1v) is 6.41. The quantitative estimate of drug-likeness (QED) is 0.465. The van der Waals surface area contributed by atoms with Crippen LogP contribution in [0.25, 0.3) is 0 Å². The number of hydrogen-bond donors (Lipinski definition) is 0. The summed E-state index contributed by atoms with van der Waals surface area (Å²) in [4.78, 5) is 0. The minimum atomic E-state index is 1.35. The van der Waals surface area contributed by atoms with Crippen molar-refractivity contribution in [2.45, 2.75) is 72.6 Å². The SMILES string of the molecule is CC1=C(C)CCC1.CC1=C(C)CCCC1. The second-order valence-electron chi connectivity index (χ2n) is 5.18. The molecule has 0 heteroatoms. The highest BCUT2D eigenvalue weighted by atomic mass is 14.1. The summed E-state index contributed by atoms with van der Waals surface area (Å²) < 4.78 is 0. The largest absolute Gasteiger partial charge is 0.0744 e. The Morgan fingerprint density at radius 2 is 0.733 bits per heavy atom. The monoisotopic (exact) mass is 206 g/mol. The molecule has 0 aromatic heterocycles. The number of allylic oxidation sites excluding steroid dienone is 4. The molecule has 0 spiro atoms. The van der Waals surface area contributed by atoms with Crippen molar-refractivity contribution in [1.29, 1.82) is 0 Å². The third-order valence-electron chi connectivity index (χ3n) is 3.91. The molecule has 0 fully saturated rings. The average Bonchev–Trinajstić information content (AvgIpc) is 2.57. The maximum atomic E-state index is 2.26. The van der Waals surface area contributed by atoms with Gasteiger partial charge in [0.15, 0.2) is 0 Å². The van der Waals surface area contributed by atoms with E-state index in [1.165, 1.54) is 44.9 Å². The highest BCUT2D eigenvalue weighted by Crippen LogP contribution is 2.24. The lowest BCUT2D eigenvalue weighted by molar-refractivity contribution is 0.672. The van der Waals surface area contributed by atoms with E-state index < -0.39 is 0 Å². The van der Waals surface area contributed by atoms with Crippen molar-refractivity contribution in [3.05, 3.63) is 22.3 Å². The van der Waals surface area contributed by atoms with Crippen molar-refractivity contribution in [1.82, 2.24) is 0 Å². The summed E-state index contributed by atoms with van der Waals surface area (Å²) in [7, 11) is 0. The third kappa shape index (κ3) is 4.24. The molecule has 0 saturated heterocycles. The van der Waals surface area contributed by atoms with Gasteiger partial charge in [-0.25, -0.2) is 0 Å².